The molecule has 2 aromatic carbocycles. The number of hydrogen-bond acceptors (Lipinski definition) is 3. The summed E-state index contributed by atoms with van der Waals surface area (Å²) in [5.41, 5.74) is 0.659. The predicted molar refractivity (Wildman–Crippen MR) is 68.9 cm³/mol. The summed E-state index contributed by atoms with van der Waals surface area (Å²) in [6.45, 7) is 1.69. The zero-order valence-electron chi connectivity index (χ0n) is 10.1. The first-order valence-corrected chi connectivity index (χ1v) is 5.57. The summed E-state index contributed by atoms with van der Waals surface area (Å²) in [5, 5.41) is 21.5. The van der Waals surface area contributed by atoms with E-state index in [-0.39, 0.29) is 22.7 Å². The molecule has 0 aliphatic heterocycles. The van der Waals surface area contributed by atoms with Crippen LogP contribution >= 0.6 is 0 Å². The fourth-order valence-corrected chi connectivity index (χ4v) is 1.76. The van der Waals surface area contributed by atoms with Gasteiger partial charge in [0.1, 0.15) is 22.9 Å². The number of carbonyl (C=O) groups is 1. The SMILES string of the molecule is Cc1cc(F)cc(NC(=O)c2c(O)cccc2O)c1. The van der Waals surface area contributed by atoms with Crippen LogP contribution in [-0.4, -0.2) is 16.1 Å². The maximum absolute atomic E-state index is 13.2. The first kappa shape index (κ1) is 12.9. The van der Waals surface area contributed by atoms with E-state index < -0.39 is 11.7 Å². The minimum Gasteiger partial charge on any atom is -0.507 e. The van der Waals surface area contributed by atoms with Gasteiger partial charge >= 0.3 is 0 Å². The highest BCUT2D eigenvalue weighted by Gasteiger charge is 2.16. The van der Waals surface area contributed by atoms with Crippen LogP contribution in [-0.2, 0) is 0 Å². The van der Waals surface area contributed by atoms with Gasteiger partial charge in [-0.25, -0.2) is 4.39 Å². The summed E-state index contributed by atoms with van der Waals surface area (Å²) in [5.74, 6) is -1.87. The number of anilines is 1. The van der Waals surface area contributed by atoms with E-state index in [9.17, 15) is 19.4 Å². The molecule has 3 N–H and O–H groups in total. The van der Waals surface area contributed by atoms with E-state index in [1.807, 2.05) is 0 Å². The van der Waals surface area contributed by atoms with Crippen molar-refractivity contribution >= 4 is 11.6 Å². The number of halogens is 1. The molecule has 5 heteroatoms. The highest BCUT2D eigenvalue weighted by atomic mass is 19.1. The molecular weight excluding hydrogens is 249 g/mol. The van der Waals surface area contributed by atoms with Crippen LogP contribution in [0, 0.1) is 12.7 Å². The Morgan fingerprint density at radius 3 is 2.37 bits per heavy atom. The number of hydrogen-bond donors (Lipinski definition) is 3. The van der Waals surface area contributed by atoms with Crippen LogP contribution in [0.3, 0.4) is 0 Å². The van der Waals surface area contributed by atoms with Crippen LogP contribution in [0.15, 0.2) is 36.4 Å². The third-order valence-corrected chi connectivity index (χ3v) is 2.55. The van der Waals surface area contributed by atoms with Crippen LogP contribution in [0.25, 0.3) is 0 Å². The molecule has 2 aromatic rings. The Hall–Kier alpha value is -2.56. The van der Waals surface area contributed by atoms with Gasteiger partial charge in [-0.1, -0.05) is 6.07 Å². The number of aryl methyl sites for hydroxylation is 1. The highest BCUT2D eigenvalue weighted by Crippen LogP contribution is 2.27. The number of carbonyl (C=O) groups excluding carboxylic acids is 1. The van der Waals surface area contributed by atoms with Gasteiger partial charge in [0.05, 0.1) is 0 Å². The first-order valence-electron chi connectivity index (χ1n) is 5.57. The Kier molecular flexibility index (Phi) is 3.37. The lowest BCUT2D eigenvalue weighted by Gasteiger charge is -2.09. The maximum Gasteiger partial charge on any atom is 0.263 e. The van der Waals surface area contributed by atoms with Crippen LogP contribution in [0.5, 0.6) is 11.5 Å². The van der Waals surface area contributed by atoms with E-state index in [0.29, 0.717) is 5.56 Å². The topological polar surface area (TPSA) is 69.6 Å². The lowest BCUT2D eigenvalue weighted by molar-refractivity contribution is 0.102. The van der Waals surface area contributed by atoms with Crippen molar-refractivity contribution in [3.63, 3.8) is 0 Å². The van der Waals surface area contributed by atoms with Crippen molar-refractivity contribution < 1.29 is 19.4 Å². The lowest BCUT2D eigenvalue weighted by atomic mass is 10.1. The standard InChI is InChI=1S/C14H12FNO3/c1-8-5-9(15)7-10(6-8)16-14(19)13-11(17)3-2-4-12(13)18/h2-7,17-18H,1H3,(H,16,19). The van der Waals surface area contributed by atoms with Gasteiger partial charge in [-0.3, -0.25) is 4.79 Å². The second kappa shape index (κ2) is 4.97. The van der Waals surface area contributed by atoms with Gasteiger partial charge in [0.2, 0.25) is 0 Å². The lowest BCUT2D eigenvalue weighted by Crippen LogP contribution is -2.12. The molecule has 0 unspecified atom stereocenters. The molecule has 0 saturated carbocycles. The molecule has 0 radical (unpaired) electrons. The maximum atomic E-state index is 13.2. The van der Waals surface area contributed by atoms with E-state index in [0.717, 1.165) is 6.07 Å². The monoisotopic (exact) mass is 261 g/mol. The minimum atomic E-state index is -0.708. The van der Waals surface area contributed by atoms with Gasteiger partial charge in [-0.15, -0.1) is 0 Å². The Bertz CT molecular complexity index is 600. The van der Waals surface area contributed by atoms with Gasteiger partial charge in [0.25, 0.3) is 5.91 Å². The first-order chi connectivity index (χ1) is 8.97. The average molecular weight is 261 g/mol. The second-order valence-electron chi connectivity index (χ2n) is 4.14. The Morgan fingerprint density at radius 1 is 1.16 bits per heavy atom. The third kappa shape index (κ3) is 2.82. The van der Waals surface area contributed by atoms with Crippen molar-refractivity contribution in [1.29, 1.82) is 0 Å². The van der Waals surface area contributed by atoms with Gasteiger partial charge in [-0.2, -0.15) is 0 Å². The van der Waals surface area contributed by atoms with Gasteiger partial charge in [0.15, 0.2) is 0 Å². The molecule has 98 valence electrons. The van der Waals surface area contributed by atoms with E-state index in [2.05, 4.69) is 5.32 Å². The molecule has 0 fully saturated rings. The van der Waals surface area contributed by atoms with Crippen LogP contribution < -0.4 is 5.32 Å². The molecule has 1 amide bonds. The number of rotatable bonds is 2. The minimum absolute atomic E-state index is 0.246. The molecule has 0 heterocycles. The Balaban J connectivity index is 2.31. The molecule has 0 bridgehead atoms. The molecule has 19 heavy (non-hydrogen) atoms. The number of phenols is 2. The second-order valence-corrected chi connectivity index (χ2v) is 4.14. The number of benzene rings is 2. The van der Waals surface area contributed by atoms with Crippen LogP contribution in [0.4, 0.5) is 10.1 Å². The zero-order valence-corrected chi connectivity index (χ0v) is 10.1. The molecule has 2 rings (SSSR count). The molecule has 0 aliphatic rings. The number of amides is 1. The molecule has 0 saturated heterocycles. The van der Waals surface area contributed by atoms with Gasteiger partial charge < -0.3 is 15.5 Å². The van der Waals surface area contributed by atoms with E-state index in [1.165, 1.54) is 24.3 Å². The van der Waals surface area contributed by atoms with Gasteiger partial charge in [-0.05, 0) is 42.8 Å². The largest absolute Gasteiger partial charge is 0.507 e. The van der Waals surface area contributed by atoms with Crippen molar-refractivity contribution in [2.75, 3.05) is 5.32 Å². The number of phenolic OH excluding ortho intramolecular Hbond substituents is 2. The fraction of sp³-hybridized carbons (Fsp3) is 0.0714. The molecule has 0 spiro atoms. The fourth-order valence-electron chi connectivity index (χ4n) is 1.76. The van der Waals surface area contributed by atoms with Crippen molar-refractivity contribution in [3.8, 4) is 11.5 Å². The van der Waals surface area contributed by atoms with Crippen molar-refractivity contribution in [2.24, 2.45) is 0 Å². The molecule has 0 aliphatic carbocycles. The van der Waals surface area contributed by atoms with Crippen molar-refractivity contribution in [2.45, 2.75) is 6.92 Å². The quantitative estimate of drug-likeness (QED) is 0.778. The average Bonchev–Trinajstić information content (AvgIpc) is 2.26. The molecule has 4 nitrogen and oxygen atoms in total. The Morgan fingerprint density at radius 2 is 1.79 bits per heavy atom. The summed E-state index contributed by atoms with van der Waals surface area (Å²) < 4.78 is 13.2. The smallest absolute Gasteiger partial charge is 0.263 e. The van der Waals surface area contributed by atoms with Crippen molar-refractivity contribution in [3.05, 3.63) is 53.3 Å². The summed E-state index contributed by atoms with van der Waals surface area (Å²) in [4.78, 5) is 11.9. The summed E-state index contributed by atoms with van der Waals surface area (Å²) in [7, 11) is 0. The summed E-state index contributed by atoms with van der Waals surface area (Å²) in [6.07, 6.45) is 0. The Labute approximate surface area is 109 Å². The van der Waals surface area contributed by atoms with Gasteiger partial charge in [0, 0.05) is 5.69 Å². The zero-order chi connectivity index (χ0) is 14.0. The predicted octanol–water partition coefficient (Wildman–Crippen LogP) is 2.80. The third-order valence-electron chi connectivity index (χ3n) is 2.55. The van der Waals surface area contributed by atoms with E-state index in [4.69, 9.17) is 0 Å². The van der Waals surface area contributed by atoms with Crippen molar-refractivity contribution in [1.82, 2.24) is 0 Å². The summed E-state index contributed by atoms with van der Waals surface area (Å²) in [6, 6.07) is 8.04. The normalized spacial score (nSPS) is 10.2. The van der Waals surface area contributed by atoms with E-state index in [1.54, 1.807) is 13.0 Å². The van der Waals surface area contributed by atoms with Crippen LogP contribution in [0.1, 0.15) is 15.9 Å². The van der Waals surface area contributed by atoms with Crippen LogP contribution in [0.2, 0.25) is 0 Å². The summed E-state index contributed by atoms with van der Waals surface area (Å²) >= 11 is 0. The molecule has 0 atom stereocenters. The molecule has 0 aromatic heterocycles. The highest BCUT2D eigenvalue weighted by molar-refractivity contribution is 6.08. The molecular formula is C14H12FNO3. The number of nitrogens with one attached hydrogen (secondary N) is 1. The number of aromatic hydroxyl groups is 2. The van der Waals surface area contributed by atoms with E-state index >= 15 is 0 Å².